The van der Waals surface area contributed by atoms with Gasteiger partial charge in [0.2, 0.25) is 0 Å². The van der Waals surface area contributed by atoms with Crippen LogP contribution in [0.1, 0.15) is 23.2 Å². The smallest absolute Gasteiger partial charge is 0.251 e. The van der Waals surface area contributed by atoms with E-state index in [0.29, 0.717) is 5.56 Å². The van der Waals surface area contributed by atoms with Gasteiger partial charge in [-0.3, -0.25) is 9.69 Å². The molecular weight excluding hydrogens is 252 g/mol. The summed E-state index contributed by atoms with van der Waals surface area (Å²) in [6.07, 6.45) is 3.92. The first kappa shape index (κ1) is 14.6. The summed E-state index contributed by atoms with van der Waals surface area (Å²) in [5.74, 6) is 0.758. The molecule has 0 spiro atoms. The third kappa shape index (κ3) is 3.84. The Kier molecular flexibility index (Phi) is 5.18. The van der Waals surface area contributed by atoms with Crippen molar-refractivity contribution < 1.29 is 9.53 Å². The zero-order valence-corrected chi connectivity index (χ0v) is 12.0. The van der Waals surface area contributed by atoms with Gasteiger partial charge in [-0.25, -0.2) is 0 Å². The highest BCUT2D eigenvalue weighted by atomic mass is 16.5. The van der Waals surface area contributed by atoms with Crippen LogP contribution in [-0.2, 0) is 0 Å². The van der Waals surface area contributed by atoms with Crippen LogP contribution in [0.5, 0.6) is 5.75 Å². The van der Waals surface area contributed by atoms with Gasteiger partial charge in [-0.15, -0.1) is 6.58 Å². The van der Waals surface area contributed by atoms with Crippen molar-refractivity contribution in [3.05, 3.63) is 42.5 Å². The number of carbonyl (C=O) groups is 1. The third-order valence-electron chi connectivity index (χ3n) is 3.66. The fourth-order valence-electron chi connectivity index (χ4n) is 2.45. The molecular formula is C16H22N2O2. The van der Waals surface area contributed by atoms with Gasteiger partial charge in [0, 0.05) is 31.2 Å². The number of piperidine rings is 1. The summed E-state index contributed by atoms with van der Waals surface area (Å²) in [5, 5.41) is 3.10. The van der Waals surface area contributed by atoms with E-state index in [-0.39, 0.29) is 11.9 Å². The highest BCUT2D eigenvalue weighted by Gasteiger charge is 2.20. The van der Waals surface area contributed by atoms with Gasteiger partial charge in [-0.1, -0.05) is 6.08 Å². The number of ether oxygens (including phenoxy) is 1. The first-order valence-corrected chi connectivity index (χ1v) is 7.01. The minimum atomic E-state index is -0.00479. The maximum atomic E-state index is 12.1. The molecule has 0 saturated carbocycles. The highest BCUT2D eigenvalue weighted by molar-refractivity contribution is 5.94. The fourth-order valence-corrected chi connectivity index (χ4v) is 2.45. The van der Waals surface area contributed by atoms with Crippen molar-refractivity contribution in [2.75, 3.05) is 26.7 Å². The van der Waals surface area contributed by atoms with Crippen LogP contribution in [0, 0.1) is 0 Å². The normalized spacial score (nSPS) is 16.6. The average Bonchev–Trinajstić information content (AvgIpc) is 2.49. The molecule has 1 N–H and O–H groups in total. The lowest BCUT2D eigenvalue weighted by Gasteiger charge is -2.31. The lowest BCUT2D eigenvalue weighted by Crippen LogP contribution is -2.44. The quantitative estimate of drug-likeness (QED) is 0.836. The maximum absolute atomic E-state index is 12.1. The molecule has 1 aromatic rings. The number of benzene rings is 1. The van der Waals surface area contributed by atoms with Crippen LogP contribution in [0.2, 0.25) is 0 Å². The third-order valence-corrected chi connectivity index (χ3v) is 3.66. The van der Waals surface area contributed by atoms with Crippen LogP contribution in [0.3, 0.4) is 0 Å². The Bertz CT molecular complexity index is 448. The first-order valence-electron chi connectivity index (χ1n) is 7.01. The molecule has 0 atom stereocenters. The topological polar surface area (TPSA) is 41.6 Å². The van der Waals surface area contributed by atoms with E-state index < -0.39 is 0 Å². The lowest BCUT2D eigenvalue weighted by molar-refractivity contribution is 0.0914. The molecule has 1 saturated heterocycles. The number of nitrogens with one attached hydrogen (secondary N) is 1. The highest BCUT2D eigenvalue weighted by Crippen LogP contribution is 2.13. The van der Waals surface area contributed by atoms with Gasteiger partial charge < -0.3 is 10.1 Å². The Morgan fingerprint density at radius 3 is 2.60 bits per heavy atom. The van der Waals surface area contributed by atoms with Crippen molar-refractivity contribution in [2.24, 2.45) is 0 Å². The molecule has 0 aromatic heterocycles. The molecule has 1 aliphatic heterocycles. The number of methoxy groups -OCH3 is 1. The summed E-state index contributed by atoms with van der Waals surface area (Å²) in [7, 11) is 1.62. The predicted octanol–water partition coefficient (Wildman–Crippen LogP) is 2.08. The molecule has 4 nitrogen and oxygen atoms in total. The summed E-state index contributed by atoms with van der Waals surface area (Å²) in [5.41, 5.74) is 0.680. The van der Waals surface area contributed by atoms with Crippen LogP contribution < -0.4 is 10.1 Å². The fraction of sp³-hybridized carbons (Fsp3) is 0.438. The van der Waals surface area contributed by atoms with E-state index in [9.17, 15) is 4.79 Å². The van der Waals surface area contributed by atoms with Crippen molar-refractivity contribution in [3.63, 3.8) is 0 Å². The first-order chi connectivity index (χ1) is 9.72. The van der Waals surface area contributed by atoms with Crippen LogP contribution in [0.4, 0.5) is 0 Å². The van der Waals surface area contributed by atoms with E-state index in [1.54, 1.807) is 19.2 Å². The van der Waals surface area contributed by atoms with Gasteiger partial charge >= 0.3 is 0 Å². The second-order valence-electron chi connectivity index (χ2n) is 5.07. The number of hydrogen-bond acceptors (Lipinski definition) is 3. The largest absolute Gasteiger partial charge is 0.497 e. The summed E-state index contributed by atoms with van der Waals surface area (Å²) >= 11 is 0. The minimum Gasteiger partial charge on any atom is -0.497 e. The molecule has 1 aromatic carbocycles. The lowest BCUT2D eigenvalue weighted by atomic mass is 10.0. The number of carbonyl (C=O) groups excluding carboxylic acids is 1. The van der Waals surface area contributed by atoms with Gasteiger partial charge in [-0.05, 0) is 37.1 Å². The Morgan fingerprint density at radius 2 is 2.05 bits per heavy atom. The summed E-state index contributed by atoms with van der Waals surface area (Å²) in [4.78, 5) is 14.5. The van der Waals surface area contributed by atoms with Crippen molar-refractivity contribution in [3.8, 4) is 5.75 Å². The maximum Gasteiger partial charge on any atom is 0.251 e. The van der Waals surface area contributed by atoms with Gasteiger partial charge in [0.25, 0.3) is 5.91 Å². The number of nitrogens with zero attached hydrogens (tertiary/aromatic N) is 1. The molecule has 0 aliphatic carbocycles. The monoisotopic (exact) mass is 274 g/mol. The standard InChI is InChI=1S/C16H22N2O2/c1-3-10-18-11-8-14(9-12-18)17-16(19)13-4-6-15(20-2)7-5-13/h3-7,14H,1,8-12H2,2H3,(H,17,19). The summed E-state index contributed by atoms with van der Waals surface area (Å²) in [6, 6.07) is 7.47. The Hall–Kier alpha value is -1.81. The minimum absolute atomic E-state index is 0.00479. The number of rotatable bonds is 5. The van der Waals surface area contributed by atoms with Crippen LogP contribution >= 0.6 is 0 Å². The van der Waals surface area contributed by atoms with E-state index in [4.69, 9.17) is 4.74 Å². The molecule has 2 rings (SSSR count). The molecule has 20 heavy (non-hydrogen) atoms. The molecule has 1 heterocycles. The molecule has 0 unspecified atom stereocenters. The van der Waals surface area contributed by atoms with Crippen molar-refractivity contribution in [1.82, 2.24) is 10.2 Å². The Labute approximate surface area is 120 Å². The van der Waals surface area contributed by atoms with Crippen molar-refractivity contribution in [1.29, 1.82) is 0 Å². The second-order valence-corrected chi connectivity index (χ2v) is 5.07. The molecule has 0 bridgehead atoms. The Balaban J connectivity index is 1.84. The molecule has 108 valence electrons. The van der Waals surface area contributed by atoms with Crippen LogP contribution in [-0.4, -0.2) is 43.6 Å². The SMILES string of the molecule is C=CCN1CCC(NC(=O)c2ccc(OC)cc2)CC1. The van der Waals surface area contributed by atoms with E-state index in [1.807, 2.05) is 18.2 Å². The molecule has 1 fully saturated rings. The molecule has 4 heteroatoms. The second kappa shape index (κ2) is 7.10. The summed E-state index contributed by atoms with van der Waals surface area (Å²) < 4.78 is 5.09. The number of amides is 1. The zero-order valence-electron chi connectivity index (χ0n) is 12.0. The van der Waals surface area contributed by atoms with Gasteiger partial charge in [0.05, 0.1) is 7.11 Å². The number of likely N-dealkylation sites (tertiary alicyclic amines) is 1. The summed E-state index contributed by atoms with van der Waals surface area (Å²) in [6.45, 7) is 6.71. The van der Waals surface area contributed by atoms with E-state index in [2.05, 4.69) is 16.8 Å². The van der Waals surface area contributed by atoms with Crippen molar-refractivity contribution >= 4 is 5.91 Å². The van der Waals surface area contributed by atoms with E-state index in [1.165, 1.54) is 0 Å². The molecule has 0 radical (unpaired) electrons. The average molecular weight is 274 g/mol. The predicted molar refractivity (Wildman–Crippen MR) is 80.1 cm³/mol. The van der Waals surface area contributed by atoms with E-state index >= 15 is 0 Å². The van der Waals surface area contributed by atoms with Crippen LogP contribution in [0.25, 0.3) is 0 Å². The van der Waals surface area contributed by atoms with E-state index in [0.717, 1.165) is 38.2 Å². The number of hydrogen-bond donors (Lipinski definition) is 1. The van der Waals surface area contributed by atoms with Gasteiger partial charge in [0.1, 0.15) is 5.75 Å². The van der Waals surface area contributed by atoms with Crippen LogP contribution in [0.15, 0.2) is 36.9 Å². The molecule has 1 amide bonds. The van der Waals surface area contributed by atoms with Gasteiger partial charge in [-0.2, -0.15) is 0 Å². The Morgan fingerprint density at radius 1 is 1.40 bits per heavy atom. The molecule has 1 aliphatic rings. The zero-order chi connectivity index (χ0) is 14.4. The van der Waals surface area contributed by atoms with Crippen molar-refractivity contribution in [2.45, 2.75) is 18.9 Å². The van der Waals surface area contributed by atoms with Gasteiger partial charge in [0.15, 0.2) is 0 Å².